The second-order valence-electron chi connectivity index (χ2n) is 13.8. The zero-order valence-electron chi connectivity index (χ0n) is 23.5. The van der Waals surface area contributed by atoms with Crippen molar-refractivity contribution in [2.75, 3.05) is 13.2 Å². The van der Waals surface area contributed by atoms with Gasteiger partial charge < -0.3 is 55.1 Å². The minimum Gasteiger partial charge on any atom is -0.458 e. The predicted molar refractivity (Wildman–Crippen MR) is 139 cm³/mol. The van der Waals surface area contributed by atoms with E-state index < -0.39 is 95.5 Å². The SMILES string of the molecule is C[C@@H]1O[C@@H](O[C@H]2C[C@@H](O)[C@]3(CO)[C@H]4CC[C@]5(C)[C@@H](C6=CC(=O)OC6)CC[C@]5(O)[C@@H]4[C@H](O)C[C@]3(O)C2)[C@H](O)[C@H](O)[C@H]1O. The zero-order valence-corrected chi connectivity index (χ0v) is 23.5. The van der Waals surface area contributed by atoms with Gasteiger partial charge in [-0.05, 0) is 50.0 Å². The van der Waals surface area contributed by atoms with Crippen molar-refractivity contribution < 1.29 is 59.9 Å². The molecule has 6 aliphatic rings. The maximum absolute atomic E-state index is 12.4. The molecule has 15 atom stereocenters. The molecule has 0 amide bonds. The Morgan fingerprint density at radius 2 is 1.76 bits per heavy atom. The van der Waals surface area contributed by atoms with Gasteiger partial charge in [-0.1, -0.05) is 6.92 Å². The minimum atomic E-state index is -1.77. The largest absolute Gasteiger partial charge is 0.458 e. The number of carbonyl (C=O) groups is 1. The van der Waals surface area contributed by atoms with Crippen LogP contribution >= 0.6 is 0 Å². The number of fused-ring (bicyclic) bond motifs is 5. The monoisotopic (exact) mass is 584 g/mol. The van der Waals surface area contributed by atoms with Gasteiger partial charge in [0.15, 0.2) is 6.29 Å². The molecule has 0 spiro atoms. The molecule has 4 saturated carbocycles. The number of aliphatic hydroxyl groups is 8. The summed E-state index contributed by atoms with van der Waals surface area (Å²) in [5.74, 6) is -1.86. The van der Waals surface area contributed by atoms with Crippen LogP contribution < -0.4 is 0 Å². The molecule has 2 aliphatic heterocycles. The van der Waals surface area contributed by atoms with E-state index in [1.54, 1.807) is 0 Å². The van der Waals surface area contributed by atoms with Gasteiger partial charge in [0, 0.05) is 36.7 Å². The van der Waals surface area contributed by atoms with E-state index in [0.717, 1.165) is 5.57 Å². The Morgan fingerprint density at radius 1 is 1.02 bits per heavy atom. The first-order valence-corrected chi connectivity index (χ1v) is 14.9. The van der Waals surface area contributed by atoms with E-state index in [1.165, 1.54) is 13.0 Å². The van der Waals surface area contributed by atoms with Gasteiger partial charge in [0.2, 0.25) is 0 Å². The molecule has 4 aliphatic carbocycles. The van der Waals surface area contributed by atoms with E-state index in [0.29, 0.717) is 25.7 Å². The lowest BCUT2D eigenvalue weighted by Crippen LogP contribution is -2.76. The highest BCUT2D eigenvalue weighted by Gasteiger charge is 2.75. The number of cyclic esters (lactones) is 1. The highest BCUT2D eigenvalue weighted by atomic mass is 16.7. The lowest BCUT2D eigenvalue weighted by Gasteiger charge is -2.68. The van der Waals surface area contributed by atoms with E-state index in [1.807, 2.05) is 6.92 Å². The topological polar surface area (TPSA) is 207 Å². The fourth-order valence-electron chi connectivity index (χ4n) is 10.1. The molecule has 232 valence electrons. The van der Waals surface area contributed by atoms with Crippen LogP contribution in [0.15, 0.2) is 11.6 Å². The Hall–Kier alpha value is -1.19. The molecule has 0 unspecified atom stereocenters. The van der Waals surface area contributed by atoms with Crippen molar-refractivity contribution in [3.05, 3.63) is 11.6 Å². The van der Waals surface area contributed by atoms with Crippen molar-refractivity contribution in [3.8, 4) is 0 Å². The van der Waals surface area contributed by atoms with Crippen molar-refractivity contribution >= 4 is 5.97 Å². The molecule has 0 radical (unpaired) electrons. The van der Waals surface area contributed by atoms with Gasteiger partial charge in [-0.2, -0.15) is 0 Å². The quantitative estimate of drug-likeness (QED) is 0.140. The zero-order chi connectivity index (χ0) is 29.7. The molecule has 5 fully saturated rings. The Kier molecular flexibility index (Phi) is 7.22. The molecule has 0 aromatic carbocycles. The van der Waals surface area contributed by atoms with Crippen LogP contribution in [0.4, 0.5) is 0 Å². The Bertz CT molecular complexity index is 1080. The first kappa shape index (κ1) is 29.9. The molecule has 12 nitrogen and oxygen atoms in total. The number of carbonyl (C=O) groups excluding carboxylic acids is 1. The lowest BCUT2D eigenvalue weighted by molar-refractivity contribution is -0.343. The second kappa shape index (κ2) is 9.91. The standard InChI is InChI=1S/C29H44O12/c1-13-22(34)23(35)24(36)25(40-13)41-15-8-19(32)28(12-30)17-3-5-26(2)16(14-7-20(33)39-11-14)4-6-29(26,38)21(17)18(31)10-27(28,37)9-15/h7,13,15-19,21-25,30-32,34-38H,3-6,8-12H2,1-2H3/t13-,15-,16+,17-,18+,19+,21-,22-,23+,24+,25-,26+,27+,28-,29-/m0/s1. The average molecular weight is 585 g/mol. The van der Waals surface area contributed by atoms with Gasteiger partial charge >= 0.3 is 5.97 Å². The molecule has 12 heteroatoms. The van der Waals surface area contributed by atoms with Crippen LogP contribution in [0, 0.1) is 28.6 Å². The smallest absolute Gasteiger partial charge is 0.331 e. The molecular formula is C29H44O12. The Balaban J connectivity index is 1.28. The highest BCUT2D eigenvalue weighted by molar-refractivity contribution is 5.85. The van der Waals surface area contributed by atoms with Crippen LogP contribution in [0.25, 0.3) is 0 Å². The summed E-state index contributed by atoms with van der Waals surface area (Å²) in [6.45, 7) is 3.11. The number of rotatable bonds is 4. The van der Waals surface area contributed by atoms with E-state index >= 15 is 0 Å². The van der Waals surface area contributed by atoms with Gasteiger partial charge in [-0.25, -0.2) is 4.79 Å². The van der Waals surface area contributed by atoms with Gasteiger partial charge in [0.1, 0.15) is 24.9 Å². The highest BCUT2D eigenvalue weighted by Crippen LogP contribution is 2.70. The molecule has 0 aromatic rings. The minimum absolute atomic E-state index is 0.0214. The van der Waals surface area contributed by atoms with Crippen molar-refractivity contribution in [1.29, 1.82) is 0 Å². The summed E-state index contributed by atoms with van der Waals surface area (Å²) in [7, 11) is 0. The number of hydrogen-bond donors (Lipinski definition) is 8. The molecule has 1 saturated heterocycles. The van der Waals surface area contributed by atoms with Crippen LogP contribution in [0.2, 0.25) is 0 Å². The van der Waals surface area contributed by atoms with E-state index in [4.69, 9.17) is 14.2 Å². The third kappa shape index (κ3) is 3.99. The normalized spacial score (nSPS) is 56.9. The van der Waals surface area contributed by atoms with Gasteiger partial charge in [0.25, 0.3) is 0 Å². The molecule has 6 rings (SSSR count). The Labute approximate surface area is 238 Å². The first-order valence-electron chi connectivity index (χ1n) is 14.9. The van der Waals surface area contributed by atoms with Crippen LogP contribution in [0.5, 0.6) is 0 Å². The molecular weight excluding hydrogens is 540 g/mol. The molecule has 8 N–H and O–H groups in total. The van der Waals surface area contributed by atoms with E-state index in [2.05, 4.69) is 0 Å². The van der Waals surface area contributed by atoms with Crippen molar-refractivity contribution in [2.24, 2.45) is 28.6 Å². The fraction of sp³-hybridized carbons (Fsp3) is 0.897. The number of hydrogen-bond acceptors (Lipinski definition) is 12. The summed E-state index contributed by atoms with van der Waals surface area (Å²) < 4.78 is 16.7. The van der Waals surface area contributed by atoms with Crippen LogP contribution in [-0.4, -0.2) is 120 Å². The van der Waals surface area contributed by atoms with E-state index in [-0.39, 0.29) is 31.8 Å². The van der Waals surface area contributed by atoms with Gasteiger partial charge in [0.05, 0.1) is 47.6 Å². The van der Waals surface area contributed by atoms with Crippen LogP contribution in [-0.2, 0) is 19.0 Å². The maximum Gasteiger partial charge on any atom is 0.331 e. The van der Waals surface area contributed by atoms with Gasteiger partial charge in [-0.3, -0.25) is 0 Å². The third-order valence-electron chi connectivity index (χ3n) is 12.2. The van der Waals surface area contributed by atoms with Crippen molar-refractivity contribution in [1.82, 2.24) is 0 Å². The predicted octanol–water partition coefficient (Wildman–Crippen LogP) is -1.51. The second-order valence-corrected chi connectivity index (χ2v) is 13.8. The summed E-state index contributed by atoms with van der Waals surface area (Å²) in [6, 6.07) is 0. The third-order valence-corrected chi connectivity index (χ3v) is 12.2. The summed E-state index contributed by atoms with van der Waals surface area (Å²) in [5, 5.41) is 89.4. The number of aliphatic hydroxyl groups excluding tert-OH is 6. The van der Waals surface area contributed by atoms with Crippen LogP contribution in [0.3, 0.4) is 0 Å². The first-order chi connectivity index (χ1) is 19.2. The lowest BCUT2D eigenvalue weighted by atomic mass is 9.40. The Morgan fingerprint density at radius 3 is 2.41 bits per heavy atom. The van der Waals surface area contributed by atoms with E-state index in [9.17, 15) is 45.6 Å². The molecule has 0 bridgehead atoms. The fourth-order valence-corrected chi connectivity index (χ4v) is 10.1. The molecule has 0 aromatic heterocycles. The van der Waals surface area contributed by atoms with Crippen molar-refractivity contribution in [3.63, 3.8) is 0 Å². The number of ether oxygens (including phenoxy) is 3. The number of esters is 1. The van der Waals surface area contributed by atoms with Crippen LogP contribution in [0.1, 0.15) is 58.8 Å². The van der Waals surface area contributed by atoms with Crippen molar-refractivity contribution in [2.45, 2.75) is 119 Å². The summed E-state index contributed by atoms with van der Waals surface area (Å²) >= 11 is 0. The summed E-state index contributed by atoms with van der Waals surface area (Å²) in [6.07, 6.45) is -6.75. The molecule has 2 heterocycles. The average Bonchev–Trinajstić information content (AvgIpc) is 3.45. The van der Waals surface area contributed by atoms with Gasteiger partial charge in [-0.15, -0.1) is 0 Å². The summed E-state index contributed by atoms with van der Waals surface area (Å²) in [5.41, 5.74) is -4.43. The molecule has 41 heavy (non-hydrogen) atoms. The maximum atomic E-state index is 12.4. The summed E-state index contributed by atoms with van der Waals surface area (Å²) in [4.78, 5) is 11.8.